The van der Waals surface area contributed by atoms with Crippen molar-refractivity contribution in [3.63, 3.8) is 0 Å². The summed E-state index contributed by atoms with van der Waals surface area (Å²) < 4.78 is 29.2. The minimum Gasteiger partial charge on any atom is -0.354 e. The van der Waals surface area contributed by atoms with Gasteiger partial charge in [0, 0.05) is 13.1 Å². The Bertz CT molecular complexity index is 1430. The quantitative estimate of drug-likeness (QED) is 0.343. The summed E-state index contributed by atoms with van der Waals surface area (Å²) in [6.45, 7) is 13.4. The third-order valence-corrected chi connectivity index (χ3v) is 8.62. The molecule has 0 spiro atoms. The molecule has 1 atom stereocenters. The van der Waals surface area contributed by atoms with Crippen LogP contribution in [0.15, 0.2) is 71.6 Å². The summed E-state index contributed by atoms with van der Waals surface area (Å²) in [6, 6.07) is 19.0. The van der Waals surface area contributed by atoms with Gasteiger partial charge in [-0.15, -0.1) is 0 Å². The molecule has 0 heterocycles. The fraction of sp³-hybridized carbons (Fsp3) is 0.375. The van der Waals surface area contributed by atoms with E-state index in [1.54, 1.807) is 37.3 Å². The predicted molar refractivity (Wildman–Crippen MR) is 161 cm³/mol. The first-order valence-corrected chi connectivity index (χ1v) is 15.0. The zero-order valence-corrected chi connectivity index (χ0v) is 25.4. The van der Waals surface area contributed by atoms with Crippen molar-refractivity contribution in [2.75, 3.05) is 17.4 Å². The number of aryl methyl sites for hydroxylation is 4. The first-order valence-electron chi connectivity index (χ1n) is 13.6. The molecule has 3 rings (SSSR count). The molecule has 0 saturated carbocycles. The fourth-order valence-electron chi connectivity index (χ4n) is 4.26. The number of anilines is 1. The molecule has 3 aromatic carbocycles. The summed E-state index contributed by atoms with van der Waals surface area (Å²) in [4.78, 5) is 28.7. The van der Waals surface area contributed by atoms with Gasteiger partial charge in [-0.25, -0.2) is 8.42 Å². The molecule has 3 aromatic rings. The number of amides is 2. The van der Waals surface area contributed by atoms with Gasteiger partial charge in [-0.2, -0.15) is 0 Å². The van der Waals surface area contributed by atoms with Crippen molar-refractivity contribution in [3.8, 4) is 0 Å². The highest BCUT2D eigenvalue weighted by Crippen LogP contribution is 2.28. The number of carbonyl (C=O) groups excluding carboxylic acids is 2. The van der Waals surface area contributed by atoms with E-state index in [9.17, 15) is 18.0 Å². The molecule has 214 valence electrons. The first kappa shape index (κ1) is 30.9. The maximum absolute atomic E-state index is 14.1. The maximum Gasteiger partial charge on any atom is 0.264 e. The number of sulfonamides is 1. The van der Waals surface area contributed by atoms with E-state index in [1.807, 2.05) is 77.9 Å². The zero-order chi connectivity index (χ0) is 29.6. The number of benzene rings is 3. The molecule has 7 nitrogen and oxygen atoms in total. The highest BCUT2D eigenvalue weighted by atomic mass is 32.2. The van der Waals surface area contributed by atoms with Crippen molar-refractivity contribution >= 4 is 27.5 Å². The van der Waals surface area contributed by atoms with Crippen LogP contribution >= 0.6 is 0 Å². The number of hydrogen-bond donors (Lipinski definition) is 1. The monoisotopic (exact) mass is 563 g/mol. The second kappa shape index (κ2) is 13.1. The lowest BCUT2D eigenvalue weighted by molar-refractivity contribution is -0.139. The van der Waals surface area contributed by atoms with E-state index in [4.69, 9.17) is 0 Å². The van der Waals surface area contributed by atoms with Gasteiger partial charge in [0.1, 0.15) is 12.6 Å². The van der Waals surface area contributed by atoms with Crippen molar-refractivity contribution in [3.05, 3.63) is 94.5 Å². The average Bonchev–Trinajstić information content (AvgIpc) is 2.91. The van der Waals surface area contributed by atoms with Crippen molar-refractivity contribution in [1.29, 1.82) is 0 Å². The summed E-state index contributed by atoms with van der Waals surface area (Å²) >= 11 is 0. The predicted octanol–water partition coefficient (Wildman–Crippen LogP) is 5.31. The Morgan fingerprint density at radius 3 is 1.93 bits per heavy atom. The van der Waals surface area contributed by atoms with Gasteiger partial charge in [-0.1, -0.05) is 73.5 Å². The molecule has 0 unspecified atom stereocenters. The molecule has 0 aromatic heterocycles. The third-order valence-electron chi connectivity index (χ3n) is 6.85. The molecule has 1 N–H and O–H groups in total. The molecule has 0 fully saturated rings. The van der Waals surface area contributed by atoms with Crippen molar-refractivity contribution in [2.24, 2.45) is 5.92 Å². The minimum absolute atomic E-state index is 0.0969. The van der Waals surface area contributed by atoms with E-state index in [1.165, 1.54) is 9.21 Å². The number of rotatable bonds is 11. The second-order valence-electron chi connectivity index (χ2n) is 10.9. The third kappa shape index (κ3) is 7.72. The van der Waals surface area contributed by atoms with Crippen LogP contribution in [0.4, 0.5) is 5.69 Å². The summed E-state index contributed by atoms with van der Waals surface area (Å²) in [5, 5.41) is 2.91. The molecule has 0 aliphatic carbocycles. The van der Waals surface area contributed by atoms with E-state index >= 15 is 0 Å². The highest BCUT2D eigenvalue weighted by Gasteiger charge is 2.33. The van der Waals surface area contributed by atoms with Gasteiger partial charge >= 0.3 is 0 Å². The van der Waals surface area contributed by atoms with Crippen LogP contribution in [0.1, 0.15) is 48.6 Å². The minimum atomic E-state index is -4.10. The van der Waals surface area contributed by atoms with Gasteiger partial charge in [-0.05, 0) is 75.4 Å². The summed E-state index contributed by atoms with van der Waals surface area (Å²) in [7, 11) is -4.10. The van der Waals surface area contributed by atoms with Gasteiger partial charge in [0.05, 0.1) is 10.6 Å². The normalized spacial score (nSPS) is 12.2. The van der Waals surface area contributed by atoms with Crippen LogP contribution in [0, 0.1) is 33.6 Å². The van der Waals surface area contributed by atoms with E-state index in [2.05, 4.69) is 5.32 Å². The van der Waals surface area contributed by atoms with E-state index in [-0.39, 0.29) is 23.3 Å². The number of nitrogens with zero attached hydrogens (tertiary/aromatic N) is 2. The van der Waals surface area contributed by atoms with Crippen LogP contribution in [0.25, 0.3) is 0 Å². The molecule has 0 aliphatic heterocycles. The Hall–Kier alpha value is -3.65. The summed E-state index contributed by atoms with van der Waals surface area (Å²) in [5.74, 6) is -0.505. The van der Waals surface area contributed by atoms with Crippen LogP contribution in [0.2, 0.25) is 0 Å². The molecular formula is C32H41N3O4S. The zero-order valence-electron chi connectivity index (χ0n) is 24.6. The van der Waals surface area contributed by atoms with E-state index in [0.29, 0.717) is 12.2 Å². The van der Waals surface area contributed by atoms with Crippen LogP contribution < -0.4 is 9.62 Å². The van der Waals surface area contributed by atoms with E-state index in [0.717, 1.165) is 27.8 Å². The largest absolute Gasteiger partial charge is 0.354 e. The van der Waals surface area contributed by atoms with Gasteiger partial charge in [-0.3, -0.25) is 13.9 Å². The lowest BCUT2D eigenvalue weighted by Gasteiger charge is -2.32. The maximum atomic E-state index is 14.1. The van der Waals surface area contributed by atoms with Crippen molar-refractivity contribution in [1.82, 2.24) is 10.2 Å². The SMILES string of the molecule is Cc1ccc(CN(C(=O)CN(c2cc(C)ccc2C)S(=O)(=O)c2ccc(C)cc2)[C@H](C)C(=O)NCC(C)C)cc1. The Kier molecular flexibility index (Phi) is 10.1. The standard InChI is InChI=1S/C32H41N3O4S/c1-22(2)19-33-32(37)27(7)34(20-28-14-9-23(3)10-15-28)31(36)21-35(30-18-25(5)8-13-26(30)6)40(38,39)29-16-11-24(4)12-17-29/h8-18,22,27H,19-21H2,1-7H3,(H,33,37)/t27-/m1/s1. The van der Waals surface area contributed by atoms with Crippen LogP contribution in [-0.4, -0.2) is 44.3 Å². The summed E-state index contributed by atoms with van der Waals surface area (Å²) in [6.07, 6.45) is 0. The fourth-order valence-corrected chi connectivity index (χ4v) is 5.73. The average molecular weight is 564 g/mol. The number of nitrogens with one attached hydrogen (secondary N) is 1. The summed E-state index contributed by atoms with van der Waals surface area (Å²) in [5.41, 5.74) is 4.88. The highest BCUT2D eigenvalue weighted by molar-refractivity contribution is 7.92. The van der Waals surface area contributed by atoms with E-state index < -0.39 is 28.5 Å². The van der Waals surface area contributed by atoms with Gasteiger partial charge in [0.15, 0.2) is 0 Å². The Balaban J connectivity index is 2.05. The van der Waals surface area contributed by atoms with Crippen LogP contribution in [-0.2, 0) is 26.2 Å². The van der Waals surface area contributed by atoms with Crippen molar-refractivity contribution < 1.29 is 18.0 Å². The molecule has 0 radical (unpaired) electrons. The molecule has 0 aliphatic rings. The number of hydrogen-bond acceptors (Lipinski definition) is 4. The van der Waals surface area contributed by atoms with Crippen LogP contribution in [0.3, 0.4) is 0 Å². The number of carbonyl (C=O) groups is 2. The van der Waals surface area contributed by atoms with Crippen LogP contribution in [0.5, 0.6) is 0 Å². The molecular weight excluding hydrogens is 522 g/mol. The first-order chi connectivity index (χ1) is 18.8. The van der Waals surface area contributed by atoms with Gasteiger partial charge in [0.25, 0.3) is 10.0 Å². The second-order valence-corrected chi connectivity index (χ2v) is 12.8. The topological polar surface area (TPSA) is 86.8 Å². The molecule has 0 bridgehead atoms. The molecule has 8 heteroatoms. The lowest BCUT2D eigenvalue weighted by Crippen LogP contribution is -2.51. The lowest BCUT2D eigenvalue weighted by atomic mass is 10.1. The van der Waals surface area contributed by atoms with Gasteiger partial charge in [0.2, 0.25) is 11.8 Å². The Morgan fingerprint density at radius 2 is 1.35 bits per heavy atom. The van der Waals surface area contributed by atoms with Gasteiger partial charge < -0.3 is 10.2 Å². The van der Waals surface area contributed by atoms with Crippen molar-refractivity contribution in [2.45, 2.75) is 65.9 Å². The molecule has 2 amide bonds. The Morgan fingerprint density at radius 1 is 0.800 bits per heavy atom. The molecule has 40 heavy (non-hydrogen) atoms. The molecule has 0 saturated heterocycles. The Labute approximate surface area is 239 Å². The smallest absolute Gasteiger partial charge is 0.264 e.